The Morgan fingerprint density at radius 3 is 1.06 bits per heavy atom. The second-order valence-corrected chi connectivity index (χ2v) is 28.6. The molecule has 1 saturated heterocycles. The molecule has 6 amide bonds. The highest BCUT2D eigenvalue weighted by Gasteiger charge is 2.26. The van der Waals surface area contributed by atoms with Gasteiger partial charge in [0.25, 0.3) is 26.8 Å². The van der Waals surface area contributed by atoms with Crippen LogP contribution in [0.2, 0.25) is 15.1 Å². The van der Waals surface area contributed by atoms with Crippen LogP contribution in [0.15, 0.2) is 168 Å². The van der Waals surface area contributed by atoms with Crippen LogP contribution in [0.5, 0.6) is 17.2 Å². The highest BCUT2D eigenvalue weighted by molar-refractivity contribution is 8.13. The number of nitrogen functional groups attached to an aromatic ring is 1. The lowest BCUT2D eigenvalue weighted by Crippen LogP contribution is -2.47. The lowest BCUT2D eigenvalue weighted by Gasteiger charge is -2.18. The number of nitrogens with one attached hydrogen (secondary N) is 7. The van der Waals surface area contributed by atoms with E-state index in [1.54, 1.807) is 60.7 Å². The van der Waals surface area contributed by atoms with E-state index in [1.165, 1.54) is 88.6 Å². The quantitative estimate of drug-likeness (QED) is 0.0185. The summed E-state index contributed by atoms with van der Waals surface area (Å²) in [6.07, 6.45) is 3.03. The number of amides is 6. The zero-order valence-corrected chi connectivity index (χ0v) is 60.9. The number of ether oxygens (including phenoxy) is 4. The van der Waals surface area contributed by atoms with Crippen LogP contribution in [0.25, 0.3) is 0 Å². The van der Waals surface area contributed by atoms with Gasteiger partial charge in [0.15, 0.2) is 0 Å². The van der Waals surface area contributed by atoms with Crippen LogP contribution < -0.4 is 56.6 Å². The summed E-state index contributed by atoms with van der Waals surface area (Å²) < 4.78 is 72.3. The van der Waals surface area contributed by atoms with Crippen LogP contribution in [0.3, 0.4) is 0 Å². The molecule has 0 spiro atoms. The predicted molar refractivity (Wildman–Crippen MR) is 386 cm³/mol. The Morgan fingerprint density at radius 1 is 0.455 bits per heavy atom. The minimum atomic E-state index is -3.84. The Labute approximate surface area is 598 Å². The summed E-state index contributed by atoms with van der Waals surface area (Å²) in [5, 5.41) is 16.7. The number of sulfonamides is 1. The van der Waals surface area contributed by atoms with Gasteiger partial charge < -0.3 is 56.6 Å². The van der Waals surface area contributed by atoms with Crippen molar-refractivity contribution in [2.75, 3.05) is 40.1 Å². The number of likely N-dealkylation sites (N-methyl/N-ethyl adjacent to an activating group) is 3. The molecule has 99 heavy (non-hydrogen) atoms. The van der Waals surface area contributed by atoms with Crippen molar-refractivity contribution in [3.05, 3.63) is 212 Å². The number of rotatable bonds is 26. The molecule has 3 atom stereocenters. The maximum Gasteiger partial charge on any atom is 0.261 e. The van der Waals surface area contributed by atoms with E-state index < -0.39 is 60.8 Å². The van der Waals surface area contributed by atoms with Crippen LogP contribution in [0, 0.1) is 0 Å². The largest absolute Gasteiger partial charge is 0.489 e. The molecule has 7 aromatic rings. The first-order chi connectivity index (χ1) is 46.9. The molecule has 0 bridgehead atoms. The first-order valence-electron chi connectivity index (χ1n) is 31.4. The fraction of sp³-hybridized carbons (Fsp3) is 0.324. The normalized spacial score (nSPS) is 12.7. The van der Waals surface area contributed by atoms with E-state index in [2.05, 4.69) is 36.6 Å². The zero-order valence-electron chi connectivity index (χ0n) is 56.3. The minimum absolute atomic E-state index is 0.0280. The van der Waals surface area contributed by atoms with E-state index in [9.17, 15) is 45.6 Å². The van der Waals surface area contributed by atoms with Gasteiger partial charge in [-0.2, -0.15) is 0 Å². The first-order valence-corrected chi connectivity index (χ1v) is 36.4. The number of carbonyl (C=O) groups is 6. The number of hydrogen-bond acceptors (Lipinski definition) is 15. The predicted octanol–water partition coefficient (Wildman–Crippen LogP) is 10.4. The third-order valence-electron chi connectivity index (χ3n) is 14.1. The molecule has 8 rings (SSSR count). The minimum Gasteiger partial charge on any atom is -0.489 e. The lowest BCUT2D eigenvalue weighted by molar-refractivity contribution is -0.123. The first kappa shape index (κ1) is 81.2. The van der Waals surface area contributed by atoms with Crippen molar-refractivity contribution in [3.63, 3.8) is 0 Å². The van der Waals surface area contributed by atoms with Crippen LogP contribution in [0.1, 0.15) is 108 Å². The van der Waals surface area contributed by atoms with E-state index >= 15 is 0 Å². The van der Waals surface area contributed by atoms with Crippen molar-refractivity contribution in [2.24, 2.45) is 0 Å². The Hall–Kier alpha value is -8.46. The van der Waals surface area contributed by atoms with Gasteiger partial charge in [-0.1, -0.05) is 102 Å². The summed E-state index contributed by atoms with van der Waals surface area (Å²) in [6, 6.07) is 39.9. The molecule has 0 aliphatic carbocycles. The van der Waals surface area contributed by atoms with Gasteiger partial charge in [0, 0.05) is 93.2 Å². The molecule has 0 radical (unpaired) electrons. The van der Waals surface area contributed by atoms with Gasteiger partial charge in [0.05, 0.1) is 43.2 Å². The molecule has 22 nitrogen and oxygen atoms in total. The maximum atomic E-state index is 12.8. The molecular weight excluding hydrogens is 1390 g/mol. The lowest BCUT2D eigenvalue weighted by atomic mass is 10.0. The van der Waals surface area contributed by atoms with Crippen molar-refractivity contribution in [2.45, 2.75) is 126 Å². The SMILES string of the molecule is C1CCOC1.CNC(=O)C(Cc1ccc(S(=O)(=O)Cl)cc1)NC(=O)c1ccc(OC(C)C)c(Cl)c1.CNC(=O)C(Cc1ccc(S(=O)(=O)NCc2ccccc2)cc1)NC(=O)c1ccc(OC(C)C)c(Cl)c1.CNC(=O)[C@H](Cc1ccc(N)cc1)NC(=O)c1ccc(OC(C)C)c(Cl)c1. The number of nitrogens with two attached hydrogens (primary N) is 1. The van der Waals surface area contributed by atoms with E-state index in [0.29, 0.717) is 51.1 Å². The average molecular weight is 1480 g/mol. The molecule has 7 aromatic carbocycles. The van der Waals surface area contributed by atoms with E-state index in [-0.39, 0.29) is 80.5 Å². The van der Waals surface area contributed by atoms with Gasteiger partial charge in [-0.3, -0.25) is 28.8 Å². The molecule has 1 aliphatic heterocycles. The summed E-state index contributed by atoms with van der Waals surface area (Å²) in [5.74, 6) is -0.998. The second-order valence-electron chi connectivity index (χ2n) is 23.1. The number of anilines is 1. The monoisotopic (exact) mass is 1480 g/mol. The molecule has 28 heteroatoms. The van der Waals surface area contributed by atoms with Gasteiger partial charge in [0.2, 0.25) is 27.7 Å². The molecule has 0 aromatic heterocycles. The van der Waals surface area contributed by atoms with E-state index in [1.807, 2.05) is 84.0 Å². The Balaban J connectivity index is 0.000000261. The van der Waals surface area contributed by atoms with Crippen molar-refractivity contribution >= 4 is 106 Å². The molecule has 532 valence electrons. The van der Waals surface area contributed by atoms with Gasteiger partial charge in [-0.05, 0) is 168 Å². The van der Waals surface area contributed by atoms with Crippen LogP contribution >= 0.6 is 45.5 Å². The van der Waals surface area contributed by atoms with Gasteiger partial charge >= 0.3 is 0 Å². The fourth-order valence-electron chi connectivity index (χ4n) is 9.17. The number of carbonyl (C=O) groups excluding carboxylic acids is 6. The summed E-state index contributed by atoms with van der Waals surface area (Å²) in [5.41, 5.74) is 10.3. The third kappa shape index (κ3) is 27.6. The highest BCUT2D eigenvalue weighted by atomic mass is 35.7. The maximum absolute atomic E-state index is 12.8. The number of benzene rings is 7. The van der Waals surface area contributed by atoms with Gasteiger partial charge in [0.1, 0.15) is 35.4 Å². The van der Waals surface area contributed by atoms with Crippen LogP contribution in [-0.2, 0) is 64.0 Å². The summed E-state index contributed by atoms with van der Waals surface area (Å²) >= 11 is 18.6. The summed E-state index contributed by atoms with van der Waals surface area (Å²) in [7, 11) is 2.22. The Kier molecular flexibility index (Phi) is 32.8. The Bertz CT molecular complexity index is 4050. The topological polar surface area (TPSA) is 318 Å². The molecule has 1 fully saturated rings. The van der Waals surface area contributed by atoms with E-state index in [0.717, 1.165) is 24.3 Å². The van der Waals surface area contributed by atoms with Crippen molar-refractivity contribution in [1.29, 1.82) is 0 Å². The molecule has 2 unspecified atom stereocenters. The van der Waals surface area contributed by atoms with Gasteiger partial charge in [-0.15, -0.1) is 0 Å². The van der Waals surface area contributed by atoms with Crippen molar-refractivity contribution in [3.8, 4) is 17.2 Å². The Morgan fingerprint density at radius 2 is 0.778 bits per heavy atom. The summed E-state index contributed by atoms with van der Waals surface area (Å²) in [6.45, 7) is 13.4. The van der Waals surface area contributed by atoms with Crippen molar-refractivity contribution in [1.82, 2.24) is 36.6 Å². The zero-order chi connectivity index (χ0) is 73.0. The molecule has 0 saturated carbocycles. The average Bonchev–Trinajstić information content (AvgIpc) is 1.27. The number of hydrogen-bond donors (Lipinski definition) is 8. The smallest absolute Gasteiger partial charge is 0.261 e. The molecule has 1 heterocycles. The standard InChI is InChI=1S/C27H30ClN3O5S.C20H22Cl2N2O5S.C20H24ClN3O3.C4H8O/c1-18(2)36-25-14-11-21(16-23(25)28)26(32)31-24(27(33)29-3)15-19-9-12-22(13-10-19)37(34,35)30-17-20-7-5-4-6-8-20;1-12(2)29-18-9-6-14(11-16(18)21)19(25)24-17(20(26)23-3)10-13-4-7-15(8-5-13)30(22,27)28;1-12(2)27-18-9-6-14(11-16(18)21)19(25)24-17(20(26)23-3)10-13-4-7-15(22)8-5-13;1-2-4-5-3-1/h4-14,16,18,24,30H,15,17H2,1-3H3,(H,29,33)(H,31,32);4-9,11-12,17H,10H2,1-3H3,(H,23,26)(H,24,25);4-9,11-12,17H,10,22H2,1-3H3,(H,23,26)(H,24,25);1-4H2/t;;17-;/m..0./s1. The third-order valence-corrected chi connectivity index (χ3v) is 17.8. The highest BCUT2D eigenvalue weighted by Crippen LogP contribution is 2.29. The molecule has 9 N–H and O–H groups in total. The van der Waals surface area contributed by atoms with Gasteiger partial charge in [-0.25, -0.2) is 21.6 Å². The molecule has 1 aliphatic rings. The van der Waals surface area contributed by atoms with E-state index in [4.69, 9.17) is 70.2 Å². The fourth-order valence-corrected chi connectivity index (χ4v) is 11.6. The van der Waals surface area contributed by atoms with Crippen LogP contribution in [-0.4, -0.2) is 123 Å². The number of halogens is 4. The van der Waals surface area contributed by atoms with Crippen molar-refractivity contribution < 1.29 is 64.6 Å². The summed E-state index contributed by atoms with van der Waals surface area (Å²) in [4.78, 5) is 75.1. The van der Waals surface area contributed by atoms with Crippen LogP contribution in [0.4, 0.5) is 5.69 Å². The second kappa shape index (κ2) is 40.0. The molecular formula is C71H84Cl4N8O14S2.